The number of para-hydroxylation sites is 2. The first-order chi connectivity index (χ1) is 15.0. The maximum atomic E-state index is 13.7. The van der Waals surface area contributed by atoms with Gasteiger partial charge in [-0.3, -0.25) is 9.69 Å². The molecule has 0 spiro atoms. The predicted molar refractivity (Wildman–Crippen MR) is 136 cm³/mol. The maximum Gasteiger partial charge on any atom is 0.273 e. The highest BCUT2D eigenvalue weighted by atomic mass is 79.9. The van der Waals surface area contributed by atoms with Gasteiger partial charge in [-0.05, 0) is 50.3 Å². The number of benzene rings is 2. The highest BCUT2D eigenvalue weighted by Gasteiger charge is 2.38. The number of likely N-dealkylation sites (N-methyl/N-ethyl adjacent to an activating group) is 1. The van der Waals surface area contributed by atoms with E-state index in [1.54, 1.807) is 4.90 Å². The Labute approximate surface area is 207 Å². The number of fused-ring (bicyclic) bond motifs is 2. The number of carbonyl (C=O) groups excluding carboxylic acids is 1. The van der Waals surface area contributed by atoms with Crippen molar-refractivity contribution in [2.75, 3.05) is 31.1 Å². The molecular weight excluding hydrogens is 514 g/mol. The quantitative estimate of drug-likeness (QED) is 0.403. The lowest BCUT2D eigenvalue weighted by Gasteiger charge is -2.34. The number of nitrogens with zero attached hydrogens (tertiary/aromatic N) is 3. The average Bonchev–Trinajstić information content (AvgIpc) is 3.18. The Morgan fingerprint density at radius 1 is 1.09 bits per heavy atom. The van der Waals surface area contributed by atoms with E-state index in [-0.39, 0.29) is 18.3 Å². The summed E-state index contributed by atoms with van der Waals surface area (Å²) in [6.45, 7) is 9.28. The molecule has 3 aromatic rings. The van der Waals surface area contributed by atoms with Crippen LogP contribution in [-0.4, -0.2) is 54.2 Å². The number of ether oxygens (including phenoxy) is 2. The van der Waals surface area contributed by atoms with Crippen LogP contribution in [0.15, 0.2) is 46.9 Å². The minimum absolute atomic E-state index is 0. The fraction of sp³-hybridized carbons (Fsp3) is 0.391. The van der Waals surface area contributed by atoms with Gasteiger partial charge in [0.1, 0.15) is 6.10 Å². The van der Waals surface area contributed by atoms with E-state index < -0.39 is 12.2 Å². The maximum absolute atomic E-state index is 13.7. The Hall–Kier alpha value is -1.87. The molecule has 0 saturated heterocycles. The number of anilines is 1. The van der Waals surface area contributed by atoms with Crippen LogP contribution in [0.1, 0.15) is 20.8 Å². The number of thiazole rings is 1. The molecule has 2 unspecified atom stereocenters. The van der Waals surface area contributed by atoms with Gasteiger partial charge in [-0.2, -0.15) is 0 Å². The van der Waals surface area contributed by atoms with Gasteiger partial charge in [0, 0.05) is 17.6 Å². The van der Waals surface area contributed by atoms with Crippen molar-refractivity contribution >= 4 is 60.9 Å². The lowest BCUT2D eigenvalue weighted by atomic mass is 10.1. The summed E-state index contributed by atoms with van der Waals surface area (Å²) in [5, 5.41) is 0.680. The molecule has 1 amide bonds. The van der Waals surface area contributed by atoms with E-state index in [1.165, 1.54) is 11.3 Å². The van der Waals surface area contributed by atoms with Crippen LogP contribution in [0.3, 0.4) is 0 Å². The molecule has 0 saturated carbocycles. The molecule has 2 atom stereocenters. The third-order valence-electron chi connectivity index (χ3n) is 5.46. The van der Waals surface area contributed by atoms with Gasteiger partial charge in [0.05, 0.1) is 10.2 Å². The van der Waals surface area contributed by atoms with E-state index in [0.29, 0.717) is 23.2 Å². The zero-order valence-electron chi connectivity index (χ0n) is 18.3. The van der Waals surface area contributed by atoms with Crippen molar-refractivity contribution in [3.63, 3.8) is 0 Å². The third-order valence-corrected chi connectivity index (χ3v) is 6.99. The van der Waals surface area contributed by atoms with Crippen LogP contribution in [0.4, 0.5) is 5.13 Å². The minimum atomic E-state index is -0.731. The second-order valence-electron chi connectivity index (χ2n) is 7.43. The largest absolute Gasteiger partial charge is 0.482 e. The molecule has 1 aliphatic heterocycles. The van der Waals surface area contributed by atoms with Crippen LogP contribution >= 0.6 is 39.7 Å². The molecule has 172 valence electrons. The number of hydrogen-bond acceptors (Lipinski definition) is 6. The minimum Gasteiger partial charge on any atom is -0.482 e. The monoisotopic (exact) mass is 539 g/mol. The highest BCUT2D eigenvalue weighted by molar-refractivity contribution is 9.10. The first-order valence-electron chi connectivity index (χ1n) is 10.5. The number of halogens is 2. The zero-order chi connectivity index (χ0) is 22.0. The van der Waals surface area contributed by atoms with Crippen molar-refractivity contribution in [2.24, 2.45) is 0 Å². The molecule has 0 bridgehead atoms. The van der Waals surface area contributed by atoms with Gasteiger partial charge < -0.3 is 14.4 Å². The van der Waals surface area contributed by atoms with Crippen LogP contribution in [0, 0.1) is 0 Å². The SMILES string of the molecule is CCN(CC)CCN(C(=O)C1Oc2ccccc2OC1C)c1nc2ccc(Br)cc2s1.Cl. The van der Waals surface area contributed by atoms with Gasteiger partial charge in [-0.25, -0.2) is 4.98 Å². The second kappa shape index (κ2) is 10.8. The summed E-state index contributed by atoms with van der Waals surface area (Å²) in [4.78, 5) is 22.5. The van der Waals surface area contributed by atoms with E-state index in [0.717, 1.165) is 34.3 Å². The molecule has 32 heavy (non-hydrogen) atoms. The molecule has 2 aromatic carbocycles. The van der Waals surface area contributed by atoms with Crippen molar-refractivity contribution in [3.8, 4) is 11.5 Å². The molecule has 0 aliphatic carbocycles. The average molecular weight is 541 g/mol. The molecule has 6 nitrogen and oxygen atoms in total. The van der Waals surface area contributed by atoms with E-state index in [2.05, 4.69) is 34.7 Å². The van der Waals surface area contributed by atoms with Gasteiger partial charge in [-0.1, -0.05) is 53.2 Å². The van der Waals surface area contributed by atoms with Crippen molar-refractivity contribution < 1.29 is 14.3 Å². The number of hydrogen-bond donors (Lipinski definition) is 0. The summed E-state index contributed by atoms with van der Waals surface area (Å²) in [6, 6.07) is 13.4. The summed E-state index contributed by atoms with van der Waals surface area (Å²) in [5.74, 6) is 1.13. The molecule has 1 aromatic heterocycles. The Kier molecular flexibility index (Phi) is 8.38. The van der Waals surface area contributed by atoms with Crippen molar-refractivity contribution in [1.29, 1.82) is 0 Å². The Balaban J connectivity index is 0.00000289. The number of carbonyl (C=O) groups is 1. The smallest absolute Gasteiger partial charge is 0.273 e. The first kappa shape index (κ1) is 24.8. The molecule has 9 heteroatoms. The summed E-state index contributed by atoms with van der Waals surface area (Å²) < 4.78 is 14.1. The standard InChI is InChI=1S/C23H26BrN3O3S.ClH/c1-4-26(5-2)12-13-27(23-25-17-11-10-16(24)14-20(17)31-23)22(28)21-15(3)29-18-8-6-7-9-19(18)30-21;/h6-11,14-15,21H,4-5,12-13H2,1-3H3;1H. The molecule has 0 fully saturated rings. The lowest BCUT2D eigenvalue weighted by Crippen LogP contribution is -2.52. The van der Waals surface area contributed by atoms with Gasteiger partial charge in [0.2, 0.25) is 6.10 Å². The Morgan fingerprint density at radius 3 is 2.47 bits per heavy atom. The summed E-state index contributed by atoms with van der Waals surface area (Å²) >= 11 is 5.03. The molecule has 4 rings (SSSR count). The number of rotatable bonds is 7. The first-order valence-corrected chi connectivity index (χ1v) is 12.1. The molecule has 1 aliphatic rings. The Morgan fingerprint density at radius 2 is 1.78 bits per heavy atom. The zero-order valence-corrected chi connectivity index (χ0v) is 21.5. The fourth-order valence-corrected chi connectivity index (χ4v) is 5.18. The summed E-state index contributed by atoms with van der Waals surface area (Å²) in [7, 11) is 0. The number of amides is 1. The van der Waals surface area contributed by atoms with Crippen LogP contribution < -0.4 is 14.4 Å². The van der Waals surface area contributed by atoms with Gasteiger partial charge in [0.15, 0.2) is 16.6 Å². The molecule has 0 N–H and O–H groups in total. The van der Waals surface area contributed by atoms with Crippen molar-refractivity contribution in [1.82, 2.24) is 9.88 Å². The van der Waals surface area contributed by atoms with Crippen molar-refractivity contribution in [3.05, 3.63) is 46.9 Å². The Bertz CT molecular complexity index is 1080. The predicted octanol–water partition coefficient (Wildman–Crippen LogP) is 5.38. The molecule has 0 radical (unpaired) electrons. The normalized spacial score (nSPS) is 17.3. The van der Waals surface area contributed by atoms with Gasteiger partial charge >= 0.3 is 0 Å². The van der Waals surface area contributed by atoms with E-state index >= 15 is 0 Å². The highest BCUT2D eigenvalue weighted by Crippen LogP contribution is 2.36. The molecular formula is C23H27BrClN3O3S. The summed E-state index contributed by atoms with van der Waals surface area (Å²) in [6.07, 6.45) is -1.13. The second-order valence-corrected chi connectivity index (χ2v) is 9.36. The van der Waals surface area contributed by atoms with Crippen LogP contribution in [-0.2, 0) is 4.79 Å². The van der Waals surface area contributed by atoms with Gasteiger partial charge in [0.25, 0.3) is 5.91 Å². The van der Waals surface area contributed by atoms with E-state index in [1.807, 2.05) is 49.4 Å². The topological polar surface area (TPSA) is 54.9 Å². The van der Waals surface area contributed by atoms with Crippen LogP contribution in [0.5, 0.6) is 11.5 Å². The van der Waals surface area contributed by atoms with E-state index in [9.17, 15) is 4.79 Å². The van der Waals surface area contributed by atoms with E-state index in [4.69, 9.17) is 14.5 Å². The third kappa shape index (κ3) is 5.20. The van der Waals surface area contributed by atoms with Crippen LogP contribution in [0.2, 0.25) is 0 Å². The van der Waals surface area contributed by atoms with Crippen molar-refractivity contribution in [2.45, 2.75) is 33.0 Å². The van der Waals surface area contributed by atoms with Gasteiger partial charge in [-0.15, -0.1) is 12.4 Å². The molecule has 2 heterocycles. The lowest BCUT2D eigenvalue weighted by molar-refractivity contribution is -0.130. The number of aromatic nitrogens is 1. The summed E-state index contributed by atoms with van der Waals surface area (Å²) in [5.41, 5.74) is 0.878. The van der Waals surface area contributed by atoms with Crippen LogP contribution in [0.25, 0.3) is 10.2 Å². The fourth-order valence-electron chi connectivity index (χ4n) is 3.63.